The Balaban J connectivity index is 2.32. The predicted octanol–water partition coefficient (Wildman–Crippen LogP) is 6.07. The largest absolute Gasteiger partial charge is 0.456 e. The molecule has 1 heterocycles. The highest BCUT2D eigenvalue weighted by molar-refractivity contribution is 5.84. The molecule has 0 saturated heterocycles. The van der Waals surface area contributed by atoms with Crippen LogP contribution in [0.1, 0.15) is 89.5 Å². The topological polar surface area (TPSA) is 138 Å². The van der Waals surface area contributed by atoms with Gasteiger partial charge in [0, 0.05) is 31.8 Å². The molecule has 0 radical (unpaired) electrons. The van der Waals surface area contributed by atoms with Crippen LogP contribution in [0.4, 0.5) is 0 Å². The lowest BCUT2D eigenvalue weighted by Crippen LogP contribution is -2.44. The number of hydrogen-bond acceptors (Lipinski definition) is 7. The van der Waals surface area contributed by atoms with Crippen molar-refractivity contribution in [2.45, 2.75) is 96.1 Å². The standard InChI is InChI=1S/C38H55N3O6/c1-2-3-4-5-6-7-8-9-10-11-12-13-14-15-16-17-18-26-37(45)41-35(38(46)47-34(31-42)32-43)25-19-20-29-40-36(44)27-21-23-33-24-22-28-39-30-33/h3-4,6-7,9-10,12-13,15-16,21-24,28,30,34-35,42-43H,2,5,8,11,14,17-20,25-27,29,31-32H2,1H3,(H,40,44)(H,41,45)/b4-3-,7-6-,10-9-,13-12-,16-15-,23-21+. The summed E-state index contributed by atoms with van der Waals surface area (Å²) in [6, 6.07) is 2.82. The molecule has 0 aliphatic rings. The minimum atomic E-state index is -1.05. The smallest absolute Gasteiger partial charge is 0.329 e. The maximum atomic E-state index is 12.7. The number of pyridine rings is 1. The molecule has 1 aromatic heterocycles. The zero-order chi connectivity index (χ0) is 34.2. The number of aromatic nitrogens is 1. The highest BCUT2D eigenvalue weighted by atomic mass is 16.6. The van der Waals surface area contributed by atoms with Gasteiger partial charge in [0.1, 0.15) is 12.1 Å². The van der Waals surface area contributed by atoms with Crippen LogP contribution >= 0.6 is 0 Å². The average molecular weight is 650 g/mol. The van der Waals surface area contributed by atoms with E-state index in [2.05, 4.69) is 77.2 Å². The molecule has 1 rings (SSSR count). The second-order valence-corrected chi connectivity index (χ2v) is 10.9. The van der Waals surface area contributed by atoms with Crippen molar-refractivity contribution in [1.82, 2.24) is 15.6 Å². The van der Waals surface area contributed by atoms with Crippen molar-refractivity contribution in [2.24, 2.45) is 0 Å². The van der Waals surface area contributed by atoms with E-state index < -0.39 is 31.3 Å². The van der Waals surface area contributed by atoms with E-state index in [0.717, 1.165) is 44.1 Å². The third-order valence-corrected chi connectivity index (χ3v) is 6.78. The van der Waals surface area contributed by atoms with Gasteiger partial charge in [-0.2, -0.15) is 0 Å². The van der Waals surface area contributed by atoms with Crippen molar-refractivity contribution in [3.8, 4) is 0 Å². The molecule has 9 nitrogen and oxygen atoms in total. The summed E-state index contributed by atoms with van der Waals surface area (Å²) >= 11 is 0. The first-order valence-corrected chi connectivity index (χ1v) is 16.8. The van der Waals surface area contributed by atoms with Gasteiger partial charge in [-0.1, -0.05) is 85.9 Å². The van der Waals surface area contributed by atoms with E-state index in [1.165, 1.54) is 0 Å². The first kappa shape index (κ1) is 40.9. The number of nitrogens with one attached hydrogen (secondary N) is 2. The monoisotopic (exact) mass is 649 g/mol. The molecule has 4 N–H and O–H groups in total. The molecule has 2 amide bonds. The van der Waals surface area contributed by atoms with Crippen LogP contribution in [0.2, 0.25) is 0 Å². The molecular weight excluding hydrogens is 594 g/mol. The summed E-state index contributed by atoms with van der Waals surface area (Å²) in [5.74, 6) is -1.08. The van der Waals surface area contributed by atoms with Gasteiger partial charge in [0.05, 0.1) is 13.2 Å². The molecule has 0 aliphatic heterocycles. The van der Waals surface area contributed by atoms with E-state index in [1.807, 2.05) is 24.3 Å². The van der Waals surface area contributed by atoms with Crippen LogP contribution in [-0.4, -0.2) is 64.9 Å². The summed E-state index contributed by atoms with van der Waals surface area (Å²) in [5.41, 5.74) is 0.916. The zero-order valence-corrected chi connectivity index (χ0v) is 28.0. The van der Waals surface area contributed by atoms with Crippen molar-refractivity contribution in [3.05, 3.63) is 96.9 Å². The Hall–Kier alpha value is -4.08. The summed E-state index contributed by atoms with van der Waals surface area (Å²) in [6.45, 7) is 1.53. The second-order valence-electron chi connectivity index (χ2n) is 10.9. The van der Waals surface area contributed by atoms with Crippen LogP contribution in [0.15, 0.2) is 91.4 Å². The molecule has 1 atom stereocenters. The number of unbranched alkanes of at least 4 members (excludes halogenated alkanes) is 2. The first-order valence-electron chi connectivity index (χ1n) is 16.8. The molecule has 1 aromatic rings. The third kappa shape index (κ3) is 23.9. The normalized spacial score (nSPS) is 12.9. The Labute approximate surface area is 281 Å². The Morgan fingerprint density at radius 2 is 1.47 bits per heavy atom. The molecule has 9 heteroatoms. The number of nitrogens with zero attached hydrogens (tertiary/aromatic N) is 1. The Kier molecular flexibility index (Phi) is 25.6. The minimum Gasteiger partial charge on any atom is -0.456 e. The lowest BCUT2D eigenvalue weighted by molar-refractivity contribution is -0.157. The van der Waals surface area contributed by atoms with Gasteiger partial charge < -0.3 is 25.6 Å². The van der Waals surface area contributed by atoms with E-state index in [9.17, 15) is 24.6 Å². The van der Waals surface area contributed by atoms with Crippen LogP contribution in [0.5, 0.6) is 0 Å². The third-order valence-electron chi connectivity index (χ3n) is 6.78. The zero-order valence-electron chi connectivity index (χ0n) is 28.0. The fourth-order valence-electron chi connectivity index (χ4n) is 4.19. The number of carbonyl (C=O) groups excluding carboxylic acids is 3. The number of amides is 2. The van der Waals surface area contributed by atoms with Gasteiger partial charge in [-0.15, -0.1) is 0 Å². The van der Waals surface area contributed by atoms with Crippen molar-refractivity contribution in [3.63, 3.8) is 0 Å². The Morgan fingerprint density at radius 1 is 0.830 bits per heavy atom. The molecule has 0 bridgehead atoms. The molecule has 0 aliphatic carbocycles. The summed E-state index contributed by atoms with van der Waals surface area (Å²) in [6.07, 6.45) is 35.4. The lowest BCUT2D eigenvalue weighted by Gasteiger charge is -2.20. The van der Waals surface area contributed by atoms with Gasteiger partial charge in [-0.05, 0) is 75.8 Å². The Morgan fingerprint density at radius 3 is 2.06 bits per heavy atom. The van der Waals surface area contributed by atoms with Gasteiger partial charge >= 0.3 is 5.97 Å². The van der Waals surface area contributed by atoms with Crippen LogP contribution in [0.3, 0.4) is 0 Å². The van der Waals surface area contributed by atoms with E-state index in [4.69, 9.17) is 4.74 Å². The highest BCUT2D eigenvalue weighted by Gasteiger charge is 2.24. The van der Waals surface area contributed by atoms with E-state index in [-0.39, 0.29) is 24.7 Å². The van der Waals surface area contributed by atoms with E-state index >= 15 is 0 Å². The number of aliphatic hydroxyl groups is 2. The van der Waals surface area contributed by atoms with E-state index in [1.54, 1.807) is 18.5 Å². The molecule has 0 aromatic carbocycles. The van der Waals surface area contributed by atoms with Gasteiger partial charge in [0.25, 0.3) is 0 Å². The summed E-state index contributed by atoms with van der Waals surface area (Å²) in [7, 11) is 0. The summed E-state index contributed by atoms with van der Waals surface area (Å²) in [5, 5.41) is 24.2. The number of rotatable bonds is 26. The van der Waals surface area contributed by atoms with Gasteiger partial charge in [0.15, 0.2) is 0 Å². The highest BCUT2D eigenvalue weighted by Crippen LogP contribution is 2.08. The second kappa shape index (κ2) is 29.3. The number of ether oxygens (including phenoxy) is 1. The molecule has 0 saturated carbocycles. The maximum Gasteiger partial charge on any atom is 0.329 e. The minimum absolute atomic E-state index is 0.115. The summed E-state index contributed by atoms with van der Waals surface area (Å²) in [4.78, 5) is 41.4. The van der Waals surface area contributed by atoms with Crippen LogP contribution in [0, 0.1) is 0 Å². The first-order chi connectivity index (χ1) is 23.0. The van der Waals surface area contributed by atoms with Crippen molar-refractivity contribution < 1.29 is 29.3 Å². The summed E-state index contributed by atoms with van der Waals surface area (Å²) < 4.78 is 5.16. The van der Waals surface area contributed by atoms with Crippen molar-refractivity contribution >= 4 is 23.9 Å². The quantitative estimate of drug-likeness (QED) is 0.0543. The SMILES string of the molecule is CC/C=C\C/C=C\C/C=C\C/C=C\C/C=C\CCCC(=O)NC(CCCCNC(=O)C/C=C/c1cccnc1)C(=O)OC(CO)CO. The van der Waals surface area contributed by atoms with Crippen molar-refractivity contribution in [1.29, 1.82) is 0 Å². The lowest BCUT2D eigenvalue weighted by atomic mass is 10.1. The van der Waals surface area contributed by atoms with Gasteiger partial charge in [-0.3, -0.25) is 14.6 Å². The van der Waals surface area contributed by atoms with Crippen LogP contribution in [0.25, 0.3) is 6.08 Å². The maximum absolute atomic E-state index is 12.7. The number of esters is 1. The van der Waals surface area contributed by atoms with Crippen molar-refractivity contribution in [2.75, 3.05) is 19.8 Å². The number of hydrogen-bond donors (Lipinski definition) is 4. The fourth-order valence-corrected chi connectivity index (χ4v) is 4.19. The molecule has 0 spiro atoms. The van der Waals surface area contributed by atoms with Crippen LogP contribution in [-0.2, 0) is 19.1 Å². The molecule has 0 fully saturated rings. The molecule has 47 heavy (non-hydrogen) atoms. The van der Waals surface area contributed by atoms with Gasteiger partial charge in [-0.25, -0.2) is 4.79 Å². The fraction of sp³-hybridized carbons (Fsp3) is 0.474. The average Bonchev–Trinajstić information content (AvgIpc) is 3.08. The number of carbonyl (C=O) groups is 3. The van der Waals surface area contributed by atoms with Gasteiger partial charge in [0.2, 0.25) is 11.8 Å². The predicted molar refractivity (Wildman–Crippen MR) is 189 cm³/mol. The van der Waals surface area contributed by atoms with Crippen LogP contribution < -0.4 is 10.6 Å². The number of aliphatic hydroxyl groups excluding tert-OH is 2. The number of allylic oxidation sites excluding steroid dienone is 10. The molecule has 1 unspecified atom stereocenters. The Bertz CT molecular complexity index is 1150. The molecular formula is C38H55N3O6. The molecule has 258 valence electrons. The van der Waals surface area contributed by atoms with E-state index in [0.29, 0.717) is 32.2 Å².